The van der Waals surface area contributed by atoms with Gasteiger partial charge in [0.2, 0.25) is 10.0 Å². The van der Waals surface area contributed by atoms with Crippen molar-refractivity contribution in [1.29, 1.82) is 0 Å². The smallest absolute Gasteiger partial charge is 0.238 e. The molecule has 5 nitrogen and oxygen atoms in total. The van der Waals surface area contributed by atoms with Gasteiger partial charge < -0.3 is 0 Å². The lowest BCUT2D eigenvalue weighted by Crippen LogP contribution is -2.27. The van der Waals surface area contributed by atoms with Crippen LogP contribution < -0.4 is 0 Å². The number of benzene rings is 2. The predicted octanol–water partition coefficient (Wildman–Crippen LogP) is 3.59. The molecule has 0 fully saturated rings. The van der Waals surface area contributed by atoms with Crippen molar-refractivity contribution in [3.8, 4) is 5.69 Å². The normalized spacial score (nSPS) is 11.9. The highest BCUT2D eigenvalue weighted by atomic mass is 32.2. The van der Waals surface area contributed by atoms with Crippen molar-refractivity contribution in [3.63, 3.8) is 0 Å². The minimum Gasteiger partial charge on any atom is -0.238 e. The van der Waals surface area contributed by atoms with Crippen LogP contribution in [0.25, 0.3) is 5.69 Å². The molecule has 0 saturated carbocycles. The van der Waals surface area contributed by atoms with Crippen molar-refractivity contribution < 1.29 is 17.2 Å². The lowest BCUT2D eigenvalue weighted by atomic mass is 10.2. The molecular weight excluding hydrogens is 372 g/mol. The SMILES string of the molecule is Cc1nn(-c2ccccc2)c(C)c1CN(C)S(=O)(=O)c1ccc(F)c(F)c1. The van der Waals surface area contributed by atoms with E-state index in [9.17, 15) is 17.2 Å². The zero-order valence-corrected chi connectivity index (χ0v) is 16.0. The van der Waals surface area contributed by atoms with Crippen molar-refractivity contribution in [1.82, 2.24) is 14.1 Å². The largest absolute Gasteiger partial charge is 0.243 e. The first-order valence-corrected chi connectivity index (χ1v) is 9.67. The molecule has 0 atom stereocenters. The molecule has 0 aliphatic carbocycles. The van der Waals surface area contributed by atoms with Gasteiger partial charge in [-0.2, -0.15) is 9.40 Å². The number of aryl methyl sites for hydroxylation is 1. The third-order valence-corrected chi connectivity index (χ3v) is 6.22. The van der Waals surface area contributed by atoms with Gasteiger partial charge in [0.05, 0.1) is 16.3 Å². The highest BCUT2D eigenvalue weighted by molar-refractivity contribution is 7.89. The van der Waals surface area contributed by atoms with Crippen LogP contribution in [-0.2, 0) is 16.6 Å². The van der Waals surface area contributed by atoms with Crippen LogP contribution in [0, 0.1) is 25.5 Å². The van der Waals surface area contributed by atoms with E-state index < -0.39 is 21.7 Å². The van der Waals surface area contributed by atoms with Gasteiger partial charge in [-0.3, -0.25) is 0 Å². The summed E-state index contributed by atoms with van der Waals surface area (Å²) in [5.74, 6) is -2.29. The lowest BCUT2D eigenvalue weighted by molar-refractivity contribution is 0.462. The molecule has 1 aromatic heterocycles. The number of sulfonamides is 1. The summed E-state index contributed by atoms with van der Waals surface area (Å²) >= 11 is 0. The molecule has 0 aliphatic heterocycles. The van der Waals surface area contributed by atoms with Gasteiger partial charge in [0.25, 0.3) is 0 Å². The number of aromatic nitrogens is 2. The van der Waals surface area contributed by atoms with E-state index in [2.05, 4.69) is 5.10 Å². The first-order valence-electron chi connectivity index (χ1n) is 8.23. The fourth-order valence-electron chi connectivity index (χ4n) is 2.85. The molecule has 3 aromatic rings. The topological polar surface area (TPSA) is 55.2 Å². The van der Waals surface area contributed by atoms with E-state index in [4.69, 9.17) is 0 Å². The molecule has 3 rings (SSSR count). The quantitative estimate of drug-likeness (QED) is 0.668. The minimum absolute atomic E-state index is 0.0613. The van der Waals surface area contributed by atoms with Crippen LogP contribution in [0.1, 0.15) is 17.0 Å². The molecule has 8 heteroatoms. The summed E-state index contributed by atoms with van der Waals surface area (Å²) in [4.78, 5) is -0.297. The molecule has 2 aromatic carbocycles. The minimum atomic E-state index is -3.98. The van der Waals surface area contributed by atoms with Gasteiger partial charge in [-0.15, -0.1) is 0 Å². The van der Waals surface area contributed by atoms with Crippen molar-refractivity contribution in [3.05, 3.63) is 77.1 Å². The average Bonchev–Trinajstić information content (AvgIpc) is 2.92. The molecule has 0 saturated heterocycles. The summed E-state index contributed by atoms with van der Waals surface area (Å²) in [6.45, 7) is 3.73. The Morgan fingerprint density at radius 2 is 1.70 bits per heavy atom. The first kappa shape index (κ1) is 19.2. The molecule has 0 aliphatic rings. The summed E-state index contributed by atoms with van der Waals surface area (Å²) in [5.41, 5.74) is 3.14. The second-order valence-corrected chi connectivity index (χ2v) is 8.28. The molecular formula is C19H19F2N3O2S. The molecule has 0 spiro atoms. The van der Waals surface area contributed by atoms with E-state index in [1.54, 1.807) is 11.6 Å². The van der Waals surface area contributed by atoms with E-state index in [1.807, 2.05) is 37.3 Å². The van der Waals surface area contributed by atoms with Crippen LogP contribution in [0.2, 0.25) is 0 Å². The Labute approximate surface area is 156 Å². The first-order chi connectivity index (χ1) is 12.7. The van der Waals surface area contributed by atoms with E-state index in [0.29, 0.717) is 11.8 Å². The summed E-state index contributed by atoms with van der Waals surface area (Å²) in [6, 6.07) is 12.1. The van der Waals surface area contributed by atoms with Crippen LogP contribution in [0.4, 0.5) is 8.78 Å². The Hall–Kier alpha value is -2.58. The zero-order valence-electron chi connectivity index (χ0n) is 15.1. The Balaban J connectivity index is 1.93. The molecule has 0 unspecified atom stereocenters. The third-order valence-electron chi connectivity index (χ3n) is 4.42. The van der Waals surface area contributed by atoms with Crippen molar-refractivity contribution in [2.24, 2.45) is 0 Å². The average molecular weight is 391 g/mol. The number of hydrogen-bond acceptors (Lipinski definition) is 3. The lowest BCUT2D eigenvalue weighted by Gasteiger charge is -2.18. The maximum absolute atomic E-state index is 13.4. The summed E-state index contributed by atoms with van der Waals surface area (Å²) < 4.78 is 54.8. The molecule has 0 amide bonds. The maximum atomic E-state index is 13.4. The van der Waals surface area contributed by atoms with Gasteiger partial charge in [0.1, 0.15) is 0 Å². The Kier molecular flexibility index (Phi) is 5.12. The number of hydrogen-bond donors (Lipinski definition) is 0. The second-order valence-electron chi connectivity index (χ2n) is 6.23. The molecule has 0 radical (unpaired) electrons. The molecule has 142 valence electrons. The van der Waals surface area contributed by atoms with Crippen molar-refractivity contribution in [2.45, 2.75) is 25.3 Å². The Bertz CT molecular complexity index is 1080. The van der Waals surface area contributed by atoms with Crippen LogP contribution in [0.5, 0.6) is 0 Å². The third kappa shape index (κ3) is 3.63. The standard InChI is InChI=1S/C19H19F2N3O2S/c1-13-17(14(2)24(22-13)15-7-5-4-6-8-15)12-23(3)27(25,26)16-9-10-18(20)19(21)11-16/h4-11H,12H2,1-3H3. The van der Waals surface area contributed by atoms with Gasteiger partial charge in [0, 0.05) is 24.8 Å². The van der Waals surface area contributed by atoms with Crippen LogP contribution in [-0.4, -0.2) is 29.6 Å². The van der Waals surface area contributed by atoms with Crippen molar-refractivity contribution in [2.75, 3.05) is 7.05 Å². The zero-order chi connectivity index (χ0) is 19.8. The summed E-state index contributed by atoms with van der Waals surface area (Å²) in [7, 11) is -2.58. The second kappa shape index (κ2) is 7.21. The monoisotopic (exact) mass is 391 g/mol. The molecule has 27 heavy (non-hydrogen) atoms. The Morgan fingerprint density at radius 3 is 2.33 bits per heavy atom. The maximum Gasteiger partial charge on any atom is 0.243 e. The van der Waals surface area contributed by atoms with Crippen LogP contribution in [0.15, 0.2) is 53.4 Å². The number of rotatable bonds is 5. The molecule has 0 bridgehead atoms. The summed E-state index contributed by atoms with van der Waals surface area (Å²) in [6.07, 6.45) is 0. The van der Waals surface area contributed by atoms with Crippen LogP contribution in [0.3, 0.4) is 0 Å². The van der Waals surface area contributed by atoms with E-state index >= 15 is 0 Å². The number of halogens is 2. The Morgan fingerprint density at radius 1 is 1.04 bits per heavy atom. The molecule has 0 N–H and O–H groups in total. The van der Waals surface area contributed by atoms with E-state index in [1.165, 1.54) is 7.05 Å². The number of nitrogens with zero attached hydrogens (tertiary/aromatic N) is 3. The van der Waals surface area contributed by atoms with Gasteiger partial charge in [-0.25, -0.2) is 21.9 Å². The highest BCUT2D eigenvalue weighted by Crippen LogP contribution is 2.23. The van der Waals surface area contributed by atoms with Gasteiger partial charge in [0.15, 0.2) is 11.6 Å². The highest BCUT2D eigenvalue weighted by Gasteiger charge is 2.25. The molecule has 1 heterocycles. The van der Waals surface area contributed by atoms with Crippen molar-refractivity contribution >= 4 is 10.0 Å². The fourth-order valence-corrected chi connectivity index (χ4v) is 4.00. The van der Waals surface area contributed by atoms with E-state index in [0.717, 1.165) is 33.4 Å². The van der Waals surface area contributed by atoms with Gasteiger partial charge in [-0.05, 0) is 44.2 Å². The van der Waals surface area contributed by atoms with Crippen LogP contribution >= 0.6 is 0 Å². The number of para-hydroxylation sites is 1. The summed E-state index contributed by atoms with van der Waals surface area (Å²) in [5, 5.41) is 4.50. The van der Waals surface area contributed by atoms with Gasteiger partial charge >= 0.3 is 0 Å². The van der Waals surface area contributed by atoms with E-state index in [-0.39, 0.29) is 11.4 Å². The van der Waals surface area contributed by atoms with Gasteiger partial charge in [-0.1, -0.05) is 18.2 Å². The predicted molar refractivity (Wildman–Crippen MR) is 98.0 cm³/mol. The fraction of sp³-hybridized carbons (Fsp3) is 0.211.